The van der Waals surface area contributed by atoms with Crippen molar-refractivity contribution in [1.82, 2.24) is 19.8 Å². The molecule has 164 valence electrons. The van der Waals surface area contributed by atoms with Gasteiger partial charge < -0.3 is 14.5 Å². The largest absolute Gasteiger partial charge is 0.361 e. The van der Waals surface area contributed by atoms with Crippen molar-refractivity contribution < 1.29 is 14.3 Å². The van der Waals surface area contributed by atoms with E-state index in [1.54, 1.807) is 55.8 Å². The van der Waals surface area contributed by atoms with Crippen molar-refractivity contribution in [3.63, 3.8) is 0 Å². The molecule has 0 spiro atoms. The maximum absolute atomic E-state index is 13.4. The normalized spacial score (nSPS) is 18.2. The maximum Gasteiger partial charge on any atom is 0.272 e. The zero-order valence-corrected chi connectivity index (χ0v) is 18.3. The monoisotopic (exact) mass is 430 g/mol. The molecule has 1 aliphatic heterocycles. The summed E-state index contributed by atoms with van der Waals surface area (Å²) in [7, 11) is 3.42. The number of aromatic nitrogens is 2. The van der Waals surface area contributed by atoms with Crippen LogP contribution in [0.5, 0.6) is 0 Å². The van der Waals surface area contributed by atoms with Gasteiger partial charge in [-0.15, -0.1) is 0 Å². The molecule has 7 nitrogen and oxygen atoms in total. The van der Waals surface area contributed by atoms with E-state index >= 15 is 0 Å². The summed E-state index contributed by atoms with van der Waals surface area (Å²) in [6.07, 6.45) is 5.43. The van der Waals surface area contributed by atoms with Crippen LogP contribution in [-0.2, 0) is 16.0 Å². The molecule has 1 fully saturated rings. The Labute approximate surface area is 187 Å². The quantitative estimate of drug-likeness (QED) is 0.622. The number of benzene rings is 1. The number of carbonyl (C=O) groups is 2. The van der Waals surface area contributed by atoms with E-state index in [9.17, 15) is 9.59 Å². The number of hydrogen-bond donors (Lipinski definition) is 0. The van der Waals surface area contributed by atoms with Gasteiger partial charge in [0.2, 0.25) is 0 Å². The van der Waals surface area contributed by atoms with Crippen LogP contribution in [0.25, 0.3) is 11.1 Å². The number of amides is 2. The number of nitrogens with zero attached hydrogens (tertiary/aromatic N) is 4. The topological polar surface area (TPSA) is 75.6 Å². The van der Waals surface area contributed by atoms with Gasteiger partial charge in [0.25, 0.3) is 11.8 Å². The van der Waals surface area contributed by atoms with Crippen molar-refractivity contribution in [3.8, 4) is 11.1 Å². The number of hydrogen-bond acceptors (Lipinski definition) is 5. The minimum absolute atomic E-state index is 0.157. The molecule has 3 heterocycles. The van der Waals surface area contributed by atoms with Gasteiger partial charge in [-0.3, -0.25) is 19.6 Å². The fourth-order valence-electron chi connectivity index (χ4n) is 4.12. The summed E-state index contributed by atoms with van der Waals surface area (Å²) >= 11 is 0. The molecule has 1 atom stereocenters. The smallest absolute Gasteiger partial charge is 0.272 e. The van der Waals surface area contributed by atoms with Crippen molar-refractivity contribution >= 4 is 11.8 Å². The SMILES string of the molecule is CN(C)C(=O)[C@@]1(Cc2ccccc2-c2ccncc2)CN(C(=O)c2ccccn2)CCO1. The third kappa shape index (κ3) is 4.38. The second kappa shape index (κ2) is 9.28. The molecule has 0 saturated carbocycles. The molecule has 0 radical (unpaired) electrons. The number of pyridine rings is 2. The van der Waals surface area contributed by atoms with E-state index in [2.05, 4.69) is 9.97 Å². The number of carbonyl (C=O) groups excluding carboxylic acids is 2. The molecule has 2 aromatic heterocycles. The van der Waals surface area contributed by atoms with Gasteiger partial charge in [-0.1, -0.05) is 30.3 Å². The molecule has 1 aromatic carbocycles. The first-order valence-corrected chi connectivity index (χ1v) is 10.5. The summed E-state index contributed by atoms with van der Waals surface area (Å²) in [4.78, 5) is 38.0. The summed E-state index contributed by atoms with van der Waals surface area (Å²) in [5.74, 6) is -0.368. The van der Waals surface area contributed by atoms with Gasteiger partial charge in [0.15, 0.2) is 5.60 Å². The van der Waals surface area contributed by atoms with Crippen molar-refractivity contribution in [2.24, 2.45) is 0 Å². The molecule has 0 N–H and O–H groups in total. The zero-order valence-electron chi connectivity index (χ0n) is 18.3. The lowest BCUT2D eigenvalue weighted by Crippen LogP contribution is -2.61. The summed E-state index contributed by atoms with van der Waals surface area (Å²) in [6, 6.07) is 17.1. The van der Waals surface area contributed by atoms with Gasteiger partial charge in [0.1, 0.15) is 5.69 Å². The van der Waals surface area contributed by atoms with Gasteiger partial charge in [-0.25, -0.2) is 0 Å². The van der Waals surface area contributed by atoms with Crippen LogP contribution >= 0.6 is 0 Å². The van der Waals surface area contributed by atoms with E-state index in [4.69, 9.17) is 4.74 Å². The second-order valence-corrected chi connectivity index (χ2v) is 8.05. The Morgan fingerprint density at radius 3 is 2.50 bits per heavy atom. The van der Waals surface area contributed by atoms with Gasteiger partial charge in [0, 0.05) is 45.7 Å². The minimum Gasteiger partial charge on any atom is -0.361 e. The van der Waals surface area contributed by atoms with Crippen LogP contribution in [-0.4, -0.2) is 71.0 Å². The molecule has 4 rings (SSSR count). The van der Waals surface area contributed by atoms with Gasteiger partial charge in [0.05, 0.1) is 13.2 Å². The van der Waals surface area contributed by atoms with E-state index in [0.29, 0.717) is 18.7 Å². The third-order valence-electron chi connectivity index (χ3n) is 5.64. The number of rotatable bonds is 5. The molecule has 1 aliphatic rings. The van der Waals surface area contributed by atoms with Crippen molar-refractivity contribution in [2.45, 2.75) is 12.0 Å². The zero-order chi connectivity index (χ0) is 22.6. The van der Waals surface area contributed by atoms with Gasteiger partial charge in [-0.05, 0) is 41.0 Å². The van der Waals surface area contributed by atoms with Crippen molar-refractivity contribution in [1.29, 1.82) is 0 Å². The number of ether oxygens (including phenoxy) is 1. The van der Waals surface area contributed by atoms with E-state index in [1.807, 2.05) is 36.4 Å². The molecule has 2 amide bonds. The molecular formula is C25H26N4O3. The highest BCUT2D eigenvalue weighted by molar-refractivity contribution is 5.94. The highest BCUT2D eigenvalue weighted by Gasteiger charge is 2.46. The van der Waals surface area contributed by atoms with E-state index in [0.717, 1.165) is 16.7 Å². The van der Waals surface area contributed by atoms with Gasteiger partial charge >= 0.3 is 0 Å². The van der Waals surface area contributed by atoms with Crippen molar-refractivity contribution in [2.75, 3.05) is 33.8 Å². The summed E-state index contributed by atoms with van der Waals surface area (Å²) in [6.45, 7) is 0.837. The highest BCUT2D eigenvalue weighted by Crippen LogP contribution is 2.31. The molecule has 0 bridgehead atoms. The van der Waals surface area contributed by atoms with Crippen LogP contribution in [0.15, 0.2) is 73.2 Å². The van der Waals surface area contributed by atoms with Gasteiger partial charge in [-0.2, -0.15) is 0 Å². The van der Waals surface area contributed by atoms with E-state index in [1.165, 1.54) is 4.90 Å². The first-order chi connectivity index (χ1) is 15.5. The first kappa shape index (κ1) is 21.6. The molecule has 7 heteroatoms. The molecular weight excluding hydrogens is 404 g/mol. The average molecular weight is 431 g/mol. The predicted molar refractivity (Wildman–Crippen MR) is 121 cm³/mol. The Bertz CT molecular complexity index is 1090. The van der Waals surface area contributed by atoms with Crippen LogP contribution in [0.1, 0.15) is 16.1 Å². The Morgan fingerprint density at radius 1 is 1.03 bits per heavy atom. The molecule has 3 aromatic rings. The lowest BCUT2D eigenvalue weighted by atomic mass is 9.87. The lowest BCUT2D eigenvalue weighted by molar-refractivity contribution is -0.165. The fraction of sp³-hybridized carbons (Fsp3) is 0.280. The van der Waals surface area contributed by atoms with Crippen LogP contribution in [0.3, 0.4) is 0 Å². The first-order valence-electron chi connectivity index (χ1n) is 10.5. The summed E-state index contributed by atoms with van der Waals surface area (Å²) < 4.78 is 6.18. The van der Waals surface area contributed by atoms with E-state index < -0.39 is 5.60 Å². The predicted octanol–water partition coefficient (Wildman–Crippen LogP) is 2.69. The van der Waals surface area contributed by atoms with Crippen LogP contribution in [0.4, 0.5) is 0 Å². The lowest BCUT2D eigenvalue weighted by Gasteiger charge is -2.43. The van der Waals surface area contributed by atoms with Crippen molar-refractivity contribution in [3.05, 3.63) is 84.4 Å². The summed E-state index contributed by atoms with van der Waals surface area (Å²) in [5.41, 5.74) is 2.17. The van der Waals surface area contributed by atoms with Crippen LogP contribution in [0, 0.1) is 0 Å². The maximum atomic E-state index is 13.4. The van der Waals surface area contributed by atoms with Crippen LogP contribution in [0.2, 0.25) is 0 Å². The molecule has 0 aliphatic carbocycles. The Hall–Kier alpha value is -3.58. The Balaban J connectivity index is 1.70. The Kier molecular flexibility index (Phi) is 6.28. The minimum atomic E-state index is -1.19. The fourth-order valence-corrected chi connectivity index (χ4v) is 4.12. The third-order valence-corrected chi connectivity index (χ3v) is 5.64. The molecule has 0 unspecified atom stereocenters. The van der Waals surface area contributed by atoms with E-state index in [-0.39, 0.29) is 25.0 Å². The standard InChI is InChI=1S/C25H26N4O3/c1-28(2)24(31)25(17-20-7-3-4-8-21(20)19-10-13-26-14-11-19)18-29(15-16-32-25)23(30)22-9-5-6-12-27-22/h3-14H,15-18H2,1-2H3/t25-/m1/s1. The molecule has 32 heavy (non-hydrogen) atoms. The highest BCUT2D eigenvalue weighted by atomic mass is 16.5. The number of morpholine rings is 1. The average Bonchev–Trinajstić information content (AvgIpc) is 2.84. The Morgan fingerprint density at radius 2 is 1.78 bits per heavy atom. The number of likely N-dealkylation sites (N-methyl/N-ethyl adjacent to an activating group) is 1. The second-order valence-electron chi connectivity index (χ2n) is 8.05. The van der Waals surface area contributed by atoms with Crippen LogP contribution < -0.4 is 0 Å². The summed E-state index contributed by atoms with van der Waals surface area (Å²) in [5, 5.41) is 0. The molecule has 1 saturated heterocycles.